The van der Waals surface area contributed by atoms with Gasteiger partial charge in [0.2, 0.25) is 0 Å². The first-order valence-electron chi connectivity index (χ1n) is 7.88. The van der Waals surface area contributed by atoms with Crippen LogP contribution in [0.3, 0.4) is 0 Å². The summed E-state index contributed by atoms with van der Waals surface area (Å²) < 4.78 is 5.17. The molecule has 0 spiro atoms. The molecule has 0 radical (unpaired) electrons. The lowest BCUT2D eigenvalue weighted by Crippen LogP contribution is -2.05. The number of allylic oxidation sites excluding steroid dienone is 1. The first-order valence-corrected chi connectivity index (χ1v) is 7.88. The van der Waals surface area contributed by atoms with Crippen molar-refractivity contribution in [3.05, 3.63) is 59.2 Å². The van der Waals surface area contributed by atoms with Gasteiger partial charge in [-0.25, -0.2) is 4.79 Å². The van der Waals surface area contributed by atoms with Crippen molar-refractivity contribution in [2.75, 3.05) is 6.61 Å². The predicted octanol–water partition coefficient (Wildman–Crippen LogP) is 4.84. The van der Waals surface area contributed by atoms with Crippen LogP contribution in [0.5, 0.6) is 0 Å². The summed E-state index contributed by atoms with van der Waals surface area (Å²) in [5.41, 5.74) is 6.27. The molecule has 3 rings (SSSR count). The van der Waals surface area contributed by atoms with Crippen molar-refractivity contribution in [1.29, 1.82) is 0 Å². The van der Waals surface area contributed by atoms with E-state index >= 15 is 0 Å². The Morgan fingerprint density at radius 2 is 1.91 bits per heavy atom. The normalized spacial score (nSPS) is 11.1. The number of carbonyl (C=O) groups is 1. The van der Waals surface area contributed by atoms with Gasteiger partial charge in [0.15, 0.2) is 0 Å². The minimum absolute atomic E-state index is 0.279. The van der Waals surface area contributed by atoms with Crippen LogP contribution in [0.4, 0.5) is 0 Å². The summed E-state index contributed by atoms with van der Waals surface area (Å²) in [6.45, 7) is 10.2. The van der Waals surface area contributed by atoms with Crippen molar-refractivity contribution in [3.8, 4) is 0 Å². The highest BCUT2D eigenvalue weighted by atomic mass is 16.5. The summed E-state index contributed by atoms with van der Waals surface area (Å²) in [6, 6.07) is 8.15. The predicted molar refractivity (Wildman–Crippen MR) is 95.1 cm³/mol. The second-order valence-electron chi connectivity index (χ2n) is 5.90. The number of esters is 1. The van der Waals surface area contributed by atoms with Gasteiger partial charge in [-0.2, -0.15) is 0 Å². The Kier molecular flexibility index (Phi) is 3.95. The van der Waals surface area contributed by atoms with Gasteiger partial charge in [0, 0.05) is 16.3 Å². The van der Waals surface area contributed by atoms with Crippen molar-refractivity contribution in [2.24, 2.45) is 0 Å². The number of benzene rings is 2. The van der Waals surface area contributed by atoms with E-state index in [1.54, 1.807) is 0 Å². The third-order valence-corrected chi connectivity index (χ3v) is 4.12. The largest absolute Gasteiger partial charge is 0.462 e. The summed E-state index contributed by atoms with van der Waals surface area (Å²) in [7, 11) is 0. The van der Waals surface area contributed by atoms with Crippen molar-refractivity contribution < 1.29 is 9.53 Å². The van der Waals surface area contributed by atoms with Gasteiger partial charge in [-0.15, -0.1) is 6.58 Å². The van der Waals surface area contributed by atoms with Crippen LogP contribution in [-0.2, 0) is 11.2 Å². The van der Waals surface area contributed by atoms with E-state index in [-0.39, 0.29) is 5.97 Å². The van der Waals surface area contributed by atoms with Crippen LogP contribution in [0.2, 0.25) is 0 Å². The minimum Gasteiger partial charge on any atom is -0.462 e. The number of hydrogen-bond donors (Lipinski definition) is 1. The molecule has 0 atom stereocenters. The second-order valence-corrected chi connectivity index (χ2v) is 5.90. The van der Waals surface area contributed by atoms with E-state index in [0.717, 1.165) is 27.4 Å². The molecule has 0 fully saturated rings. The number of H-pyrrole nitrogens is 1. The Labute approximate surface area is 136 Å². The zero-order valence-corrected chi connectivity index (χ0v) is 13.8. The number of fused-ring (bicyclic) bond motifs is 3. The van der Waals surface area contributed by atoms with Crippen LogP contribution in [0, 0.1) is 13.8 Å². The third kappa shape index (κ3) is 2.63. The van der Waals surface area contributed by atoms with Crippen LogP contribution in [0.15, 0.2) is 36.9 Å². The van der Waals surface area contributed by atoms with Gasteiger partial charge < -0.3 is 9.72 Å². The molecule has 1 heterocycles. The van der Waals surface area contributed by atoms with Crippen molar-refractivity contribution in [2.45, 2.75) is 27.2 Å². The van der Waals surface area contributed by atoms with E-state index < -0.39 is 0 Å². The Morgan fingerprint density at radius 1 is 1.17 bits per heavy atom. The smallest absolute Gasteiger partial charge is 0.338 e. The number of hydrogen-bond acceptors (Lipinski definition) is 2. The molecule has 0 amide bonds. The molecule has 1 aromatic heterocycles. The fourth-order valence-corrected chi connectivity index (χ4v) is 3.18. The number of aromatic nitrogens is 1. The van der Waals surface area contributed by atoms with E-state index in [1.807, 2.05) is 25.1 Å². The molecular formula is C20H21NO2. The molecule has 118 valence electrons. The Balaban J connectivity index is 2.36. The van der Waals surface area contributed by atoms with E-state index in [1.165, 1.54) is 11.1 Å². The summed E-state index contributed by atoms with van der Waals surface area (Å²) in [4.78, 5) is 15.7. The molecule has 0 saturated carbocycles. The van der Waals surface area contributed by atoms with E-state index in [0.29, 0.717) is 18.6 Å². The number of aryl methyl sites for hydroxylation is 2. The Hall–Kier alpha value is -2.55. The maximum atomic E-state index is 12.2. The standard InChI is InChI=1S/C20H21NO2/c1-5-7-14-10-15(20(22)23-6-2)11-17-16-9-12(3)8-13(4)18(16)21-19(14)17/h5,8-11,21H,1,6-7H2,2-4H3. The first-order chi connectivity index (χ1) is 11.0. The fourth-order valence-electron chi connectivity index (χ4n) is 3.18. The number of rotatable bonds is 4. The van der Waals surface area contributed by atoms with Gasteiger partial charge in [-0.3, -0.25) is 0 Å². The highest BCUT2D eigenvalue weighted by Gasteiger charge is 2.15. The molecule has 3 aromatic rings. The molecule has 2 aromatic carbocycles. The maximum Gasteiger partial charge on any atom is 0.338 e. The van der Waals surface area contributed by atoms with E-state index in [2.05, 4.69) is 37.5 Å². The highest BCUT2D eigenvalue weighted by Crippen LogP contribution is 2.32. The molecule has 0 bridgehead atoms. The number of aromatic amines is 1. The van der Waals surface area contributed by atoms with Crippen LogP contribution in [0.1, 0.15) is 34.0 Å². The molecular weight excluding hydrogens is 286 g/mol. The molecule has 0 saturated heterocycles. The molecule has 1 N–H and O–H groups in total. The Bertz CT molecular complexity index is 918. The van der Waals surface area contributed by atoms with E-state index in [4.69, 9.17) is 4.74 Å². The lowest BCUT2D eigenvalue weighted by atomic mass is 10.0. The lowest BCUT2D eigenvalue weighted by molar-refractivity contribution is 0.0526. The van der Waals surface area contributed by atoms with Gasteiger partial charge in [-0.1, -0.05) is 17.7 Å². The summed E-state index contributed by atoms with van der Waals surface area (Å²) >= 11 is 0. The zero-order valence-electron chi connectivity index (χ0n) is 13.8. The molecule has 3 nitrogen and oxygen atoms in total. The van der Waals surface area contributed by atoms with Gasteiger partial charge in [0.05, 0.1) is 17.7 Å². The second kappa shape index (κ2) is 5.92. The van der Waals surface area contributed by atoms with Gasteiger partial charge in [0.1, 0.15) is 0 Å². The van der Waals surface area contributed by atoms with Gasteiger partial charge in [0.25, 0.3) is 0 Å². The maximum absolute atomic E-state index is 12.2. The lowest BCUT2D eigenvalue weighted by Gasteiger charge is -2.06. The van der Waals surface area contributed by atoms with Crippen LogP contribution < -0.4 is 0 Å². The third-order valence-electron chi connectivity index (χ3n) is 4.12. The zero-order chi connectivity index (χ0) is 16.6. The molecule has 0 unspecified atom stereocenters. The average molecular weight is 307 g/mol. The summed E-state index contributed by atoms with van der Waals surface area (Å²) in [6.07, 6.45) is 2.56. The SMILES string of the molecule is C=CCc1cc(C(=O)OCC)cc2c1[nH]c1c(C)cc(C)cc12. The number of nitrogens with one attached hydrogen (secondary N) is 1. The van der Waals surface area contributed by atoms with Gasteiger partial charge in [-0.05, 0) is 56.5 Å². The summed E-state index contributed by atoms with van der Waals surface area (Å²) in [5, 5.41) is 2.21. The molecule has 0 aliphatic carbocycles. The number of carbonyl (C=O) groups excluding carboxylic acids is 1. The van der Waals surface area contributed by atoms with Crippen LogP contribution in [-0.4, -0.2) is 17.6 Å². The monoisotopic (exact) mass is 307 g/mol. The first kappa shape index (κ1) is 15.3. The topological polar surface area (TPSA) is 42.1 Å². The fraction of sp³-hybridized carbons (Fsp3) is 0.250. The van der Waals surface area contributed by atoms with E-state index in [9.17, 15) is 4.79 Å². The van der Waals surface area contributed by atoms with Crippen LogP contribution in [0.25, 0.3) is 21.8 Å². The molecule has 0 aliphatic rings. The molecule has 0 aliphatic heterocycles. The van der Waals surface area contributed by atoms with Crippen molar-refractivity contribution in [3.63, 3.8) is 0 Å². The van der Waals surface area contributed by atoms with Crippen molar-refractivity contribution in [1.82, 2.24) is 4.98 Å². The Morgan fingerprint density at radius 3 is 2.61 bits per heavy atom. The molecule has 3 heteroatoms. The minimum atomic E-state index is -0.279. The quantitative estimate of drug-likeness (QED) is 0.553. The van der Waals surface area contributed by atoms with Crippen LogP contribution >= 0.6 is 0 Å². The van der Waals surface area contributed by atoms with Gasteiger partial charge >= 0.3 is 5.97 Å². The van der Waals surface area contributed by atoms with Crippen molar-refractivity contribution >= 4 is 27.8 Å². The molecule has 23 heavy (non-hydrogen) atoms. The average Bonchev–Trinajstić information content (AvgIpc) is 2.87. The summed E-state index contributed by atoms with van der Waals surface area (Å²) in [5.74, 6) is -0.279. The highest BCUT2D eigenvalue weighted by molar-refractivity contribution is 6.11. The number of ether oxygens (including phenoxy) is 1.